The van der Waals surface area contributed by atoms with E-state index >= 15 is 0 Å². The predicted molar refractivity (Wildman–Crippen MR) is 89.4 cm³/mol. The number of anilines is 1. The van der Waals surface area contributed by atoms with Gasteiger partial charge in [-0.05, 0) is 36.4 Å². The number of carbonyl (C=O) groups excluding carboxylic acids is 1. The summed E-state index contributed by atoms with van der Waals surface area (Å²) < 4.78 is 0. The Balaban J connectivity index is 2.17. The molecule has 7 heteroatoms. The molecule has 0 spiro atoms. The Morgan fingerprint density at radius 2 is 1.38 bits per heavy atom. The summed E-state index contributed by atoms with van der Waals surface area (Å²) in [6.07, 6.45) is 0. The molecule has 0 atom stereocenters. The van der Waals surface area contributed by atoms with E-state index in [1.165, 1.54) is 24.3 Å². The lowest BCUT2D eigenvalue weighted by atomic mass is 10.0. The van der Waals surface area contributed by atoms with Gasteiger partial charge in [0.25, 0.3) is 5.69 Å². The first-order valence-corrected chi connectivity index (χ1v) is 7.42. The average Bonchev–Trinajstić information content (AvgIpc) is 2.61. The van der Waals surface area contributed by atoms with E-state index < -0.39 is 4.92 Å². The van der Waals surface area contributed by atoms with Crippen molar-refractivity contribution < 1.29 is 19.9 Å². The number of nitro groups is 1. The standard InChI is InChI=1S/C17H18N2O5/c20-11-9-18(10-12-21)15-5-1-13(2-6-15)17(22)14-3-7-16(8-4-14)19(23)24/h1-8,20-21H,9-12H2. The maximum Gasteiger partial charge on any atom is 0.269 e. The van der Waals surface area contributed by atoms with Crippen LogP contribution in [-0.2, 0) is 0 Å². The maximum absolute atomic E-state index is 12.4. The summed E-state index contributed by atoms with van der Waals surface area (Å²) in [5.74, 6) is -0.229. The molecule has 0 unspecified atom stereocenters. The molecule has 0 heterocycles. The zero-order valence-corrected chi connectivity index (χ0v) is 13.0. The zero-order valence-electron chi connectivity index (χ0n) is 13.0. The normalized spacial score (nSPS) is 10.4. The number of aliphatic hydroxyl groups is 2. The molecule has 0 radical (unpaired) electrons. The van der Waals surface area contributed by atoms with Crippen molar-refractivity contribution in [1.29, 1.82) is 0 Å². The van der Waals surface area contributed by atoms with Gasteiger partial charge in [0.05, 0.1) is 18.1 Å². The van der Waals surface area contributed by atoms with Crippen LogP contribution in [0.4, 0.5) is 11.4 Å². The van der Waals surface area contributed by atoms with Crippen molar-refractivity contribution in [2.24, 2.45) is 0 Å². The van der Waals surface area contributed by atoms with E-state index in [-0.39, 0.29) is 24.7 Å². The first-order chi connectivity index (χ1) is 11.6. The Kier molecular flexibility index (Phi) is 6.00. The van der Waals surface area contributed by atoms with Gasteiger partial charge in [-0.2, -0.15) is 0 Å². The molecule has 7 nitrogen and oxygen atoms in total. The number of rotatable bonds is 8. The highest BCUT2D eigenvalue weighted by atomic mass is 16.6. The van der Waals surface area contributed by atoms with Crippen molar-refractivity contribution in [1.82, 2.24) is 0 Å². The van der Waals surface area contributed by atoms with Gasteiger partial charge in [-0.1, -0.05) is 0 Å². The maximum atomic E-state index is 12.4. The molecule has 2 rings (SSSR count). The third-order valence-corrected chi connectivity index (χ3v) is 3.57. The van der Waals surface area contributed by atoms with Crippen LogP contribution in [0.2, 0.25) is 0 Å². The van der Waals surface area contributed by atoms with Gasteiger partial charge in [-0.15, -0.1) is 0 Å². The molecule has 0 aliphatic rings. The number of carbonyl (C=O) groups is 1. The largest absolute Gasteiger partial charge is 0.395 e. The summed E-state index contributed by atoms with van der Waals surface area (Å²) in [6, 6.07) is 12.2. The molecule has 0 saturated heterocycles. The molecule has 126 valence electrons. The van der Waals surface area contributed by atoms with Crippen LogP contribution in [-0.4, -0.2) is 47.2 Å². The molecule has 0 fully saturated rings. The van der Waals surface area contributed by atoms with Crippen LogP contribution in [0.25, 0.3) is 0 Å². The second kappa shape index (κ2) is 8.19. The number of nitro benzene ring substituents is 1. The van der Waals surface area contributed by atoms with Gasteiger partial charge in [0.15, 0.2) is 5.78 Å². The summed E-state index contributed by atoms with van der Waals surface area (Å²) in [5.41, 5.74) is 1.56. The molecule has 0 saturated carbocycles. The number of non-ortho nitro benzene ring substituents is 1. The summed E-state index contributed by atoms with van der Waals surface area (Å²) in [5, 5.41) is 28.7. The number of hydrogen-bond acceptors (Lipinski definition) is 6. The third-order valence-electron chi connectivity index (χ3n) is 3.57. The van der Waals surface area contributed by atoms with Crippen LogP contribution in [0.5, 0.6) is 0 Å². The lowest BCUT2D eigenvalue weighted by molar-refractivity contribution is -0.384. The lowest BCUT2D eigenvalue weighted by Gasteiger charge is -2.23. The third kappa shape index (κ3) is 4.15. The topological polar surface area (TPSA) is 104 Å². The Morgan fingerprint density at radius 3 is 1.79 bits per heavy atom. The van der Waals surface area contributed by atoms with E-state index in [2.05, 4.69) is 0 Å². The Bertz CT molecular complexity index is 692. The van der Waals surface area contributed by atoms with Crippen molar-refractivity contribution in [3.63, 3.8) is 0 Å². The first kappa shape index (κ1) is 17.6. The minimum absolute atomic E-state index is 0.0382. The summed E-state index contributed by atoms with van der Waals surface area (Å²) >= 11 is 0. The molecule has 0 aliphatic heterocycles. The van der Waals surface area contributed by atoms with Crippen LogP contribution in [0.15, 0.2) is 48.5 Å². The number of hydrogen-bond donors (Lipinski definition) is 2. The summed E-state index contributed by atoms with van der Waals surface area (Å²) in [7, 11) is 0. The molecular formula is C17H18N2O5. The number of nitrogens with zero attached hydrogens (tertiary/aromatic N) is 2. The van der Waals surface area contributed by atoms with Crippen LogP contribution >= 0.6 is 0 Å². The van der Waals surface area contributed by atoms with Gasteiger partial charge in [0, 0.05) is 42.0 Å². The summed E-state index contributed by atoms with van der Waals surface area (Å²) in [4.78, 5) is 24.3. The molecule has 0 aromatic heterocycles. The van der Waals surface area contributed by atoms with E-state index in [0.29, 0.717) is 24.2 Å². The molecule has 24 heavy (non-hydrogen) atoms. The van der Waals surface area contributed by atoms with E-state index in [1.54, 1.807) is 29.2 Å². The monoisotopic (exact) mass is 330 g/mol. The zero-order chi connectivity index (χ0) is 17.5. The fourth-order valence-electron chi connectivity index (χ4n) is 2.34. The van der Waals surface area contributed by atoms with Gasteiger partial charge in [-0.3, -0.25) is 14.9 Å². The van der Waals surface area contributed by atoms with E-state index in [0.717, 1.165) is 5.69 Å². The van der Waals surface area contributed by atoms with Crippen molar-refractivity contribution in [2.75, 3.05) is 31.2 Å². The predicted octanol–water partition coefficient (Wildman–Crippen LogP) is 1.62. The number of ketones is 1. The van der Waals surface area contributed by atoms with Crippen molar-refractivity contribution >= 4 is 17.2 Å². The average molecular weight is 330 g/mol. The highest BCUT2D eigenvalue weighted by molar-refractivity contribution is 6.09. The second-order valence-electron chi connectivity index (χ2n) is 5.11. The molecule has 2 aromatic rings. The van der Waals surface area contributed by atoms with Crippen LogP contribution < -0.4 is 4.90 Å². The highest BCUT2D eigenvalue weighted by Gasteiger charge is 2.12. The van der Waals surface area contributed by atoms with Gasteiger partial charge < -0.3 is 15.1 Å². The molecule has 0 aliphatic carbocycles. The van der Waals surface area contributed by atoms with E-state index in [4.69, 9.17) is 10.2 Å². The molecule has 0 bridgehead atoms. The van der Waals surface area contributed by atoms with Crippen molar-refractivity contribution in [2.45, 2.75) is 0 Å². The van der Waals surface area contributed by atoms with Gasteiger partial charge in [0.2, 0.25) is 0 Å². The fraction of sp³-hybridized carbons (Fsp3) is 0.235. The Morgan fingerprint density at radius 1 is 0.917 bits per heavy atom. The highest BCUT2D eigenvalue weighted by Crippen LogP contribution is 2.19. The number of benzene rings is 2. The minimum atomic E-state index is -0.514. The second-order valence-corrected chi connectivity index (χ2v) is 5.11. The fourth-order valence-corrected chi connectivity index (χ4v) is 2.34. The van der Waals surface area contributed by atoms with Crippen molar-refractivity contribution in [3.8, 4) is 0 Å². The Hall–Kier alpha value is -2.77. The Labute approximate surface area is 138 Å². The van der Waals surface area contributed by atoms with E-state index in [9.17, 15) is 14.9 Å². The lowest BCUT2D eigenvalue weighted by Crippen LogP contribution is -2.29. The summed E-state index contributed by atoms with van der Waals surface area (Å²) in [6.45, 7) is 0.694. The van der Waals surface area contributed by atoms with Crippen LogP contribution in [0.3, 0.4) is 0 Å². The number of aliphatic hydroxyl groups excluding tert-OH is 2. The van der Waals surface area contributed by atoms with Crippen molar-refractivity contribution in [3.05, 3.63) is 69.8 Å². The molecular weight excluding hydrogens is 312 g/mol. The van der Waals surface area contributed by atoms with Gasteiger partial charge in [0.1, 0.15) is 0 Å². The van der Waals surface area contributed by atoms with Crippen LogP contribution in [0, 0.1) is 10.1 Å². The smallest absolute Gasteiger partial charge is 0.269 e. The van der Waals surface area contributed by atoms with Crippen LogP contribution in [0.1, 0.15) is 15.9 Å². The van der Waals surface area contributed by atoms with E-state index in [1.807, 2.05) is 0 Å². The first-order valence-electron chi connectivity index (χ1n) is 7.42. The molecule has 2 N–H and O–H groups in total. The molecule has 2 aromatic carbocycles. The minimum Gasteiger partial charge on any atom is -0.395 e. The SMILES string of the molecule is O=C(c1ccc(N(CCO)CCO)cc1)c1ccc([N+](=O)[O-])cc1. The molecule has 0 amide bonds. The van der Waals surface area contributed by atoms with Gasteiger partial charge in [-0.25, -0.2) is 0 Å². The van der Waals surface area contributed by atoms with Gasteiger partial charge >= 0.3 is 0 Å². The quantitative estimate of drug-likeness (QED) is 0.433.